The molecule has 8 heteroatoms. The lowest BCUT2D eigenvalue weighted by molar-refractivity contribution is 0.669. The summed E-state index contributed by atoms with van der Waals surface area (Å²) in [6.45, 7) is 0. The normalized spacial score (nSPS) is 12.8. The van der Waals surface area contributed by atoms with Gasteiger partial charge >= 0.3 is 0 Å². The molecular weight excluding hydrogens is 1610 g/mol. The van der Waals surface area contributed by atoms with Crippen molar-refractivity contribution in [1.82, 2.24) is 25.3 Å². The van der Waals surface area contributed by atoms with Gasteiger partial charge in [0.25, 0.3) is 0 Å². The van der Waals surface area contributed by atoms with Crippen molar-refractivity contribution in [3.8, 4) is 145 Å². The zero-order chi connectivity index (χ0) is 87.1. The van der Waals surface area contributed by atoms with E-state index in [1.165, 1.54) is 11.1 Å². The van der Waals surface area contributed by atoms with Gasteiger partial charge in [-0.2, -0.15) is 0 Å². The van der Waals surface area contributed by atoms with Crippen LogP contribution in [0, 0.1) is 0 Å². The Labute approximate surface area is 761 Å². The van der Waals surface area contributed by atoms with Crippen LogP contribution in [0.15, 0.2) is 475 Å². The first-order valence-electron chi connectivity index (χ1n) is 44.8. The van der Waals surface area contributed by atoms with E-state index in [0.717, 1.165) is 244 Å². The molecule has 25 rings (SSSR count). The van der Waals surface area contributed by atoms with E-state index < -0.39 is 0 Å². The smallest absolute Gasteiger partial charge is 0.160 e. The van der Waals surface area contributed by atoms with Gasteiger partial charge in [-0.1, -0.05) is 388 Å². The van der Waals surface area contributed by atoms with Crippen LogP contribution in [0.4, 0.5) is 0 Å². The molecule has 1 aliphatic rings. The number of aliphatic imine (C=N–C) groups is 1. The molecule has 6 heterocycles. The maximum Gasteiger partial charge on any atom is 0.160 e. The highest BCUT2D eigenvalue weighted by Crippen LogP contribution is 2.50. The van der Waals surface area contributed by atoms with E-state index >= 15 is 0 Å². The first kappa shape index (κ1) is 76.8. The van der Waals surface area contributed by atoms with Crippen LogP contribution < -0.4 is 5.32 Å². The minimum atomic E-state index is -0.177. The fraction of sp³-hybridized carbons (Fsp3) is 0.00806. The maximum atomic E-state index is 6.75. The summed E-state index contributed by atoms with van der Waals surface area (Å²) in [7, 11) is 0. The van der Waals surface area contributed by atoms with Crippen molar-refractivity contribution in [2.45, 2.75) is 6.04 Å². The fourth-order valence-corrected chi connectivity index (χ4v) is 19.6. The number of aromatic nitrogens is 4. The predicted molar refractivity (Wildman–Crippen MR) is 546 cm³/mol. The molecule has 0 fully saturated rings. The number of hydrogen-bond donors (Lipinski definition) is 1. The Morgan fingerprint density at radius 1 is 0.205 bits per heavy atom. The molecule has 1 unspecified atom stereocenters. The Balaban J connectivity index is 0.499. The zero-order valence-electron chi connectivity index (χ0n) is 71.5. The summed E-state index contributed by atoms with van der Waals surface area (Å²) in [5, 5.41) is 14.8. The van der Waals surface area contributed by atoms with Crippen LogP contribution in [0.25, 0.3) is 238 Å². The molecular formula is C124H78N6O2. The van der Waals surface area contributed by atoms with Crippen molar-refractivity contribution in [3.63, 3.8) is 0 Å². The van der Waals surface area contributed by atoms with Crippen LogP contribution in [-0.2, 0) is 0 Å². The minimum absolute atomic E-state index is 0.177. The van der Waals surface area contributed by atoms with Crippen molar-refractivity contribution >= 4 is 98.8 Å². The lowest BCUT2D eigenvalue weighted by atomic mass is 9.89. The first-order chi connectivity index (χ1) is 65.4. The summed E-state index contributed by atoms with van der Waals surface area (Å²) in [6, 6.07) is 162. The average Bonchev–Trinajstić information content (AvgIpc) is 1.47. The summed E-state index contributed by atoms with van der Waals surface area (Å²) < 4.78 is 13.5. The van der Waals surface area contributed by atoms with Crippen molar-refractivity contribution in [1.29, 1.82) is 0 Å². The van der Waals surface area contributed by atoms with Crippen LogP contribution in [0.1, 0.15) is 22.7 Å². The highest BCUT2D eigenvalue weighted by Gasteiger charge is 2.27. The molecule has 5 aromatic heterocycles. The largest absolute Gasteiger partial charge is 0.456 e. The highest BCUT2D eigenvalue weighted by molar-refractivity contribution is 6.30. The van der Waals surface area contributed by atoms with E-state index in [1.807, 2.05) is 18.2 Å². The van der Waals surface area contributed by atoms with Gasteiger partial charge in [-0.25, -0.2) is 24.9 Å². The molecule has 0 radical (unpaired) electrons. The predicted octanol–water partition coefficient (Wildman–Crippen LogP) is 32.5. The third kappa shape index (κ3) is 13.9. The SMILES string of the molecule is C1=C(c2ccc(-c3cccc(-c4ccc(-c5cccc(-c6cc(-c7ccccc7)nc(-c7cccc(-c8ccc(-c9c%10c(cc%11c(-c%12ccccc%12)nc%12ccccc%12c9%11)oc9ccccc9%10)cc8)c7)n6)c5)cc4)c3)cc2)N=C(c2cccc(-c3ccc(-c4c5c(cc6c(-c7ccccc7)nc7ccccc7c46)oc4ccccc45)cc3)c2)NC1c1ccc(-c2ccccc2)cc1. The number of nitrogens with zero attached hydrogens (tertiary/aromatic N) is 5. The number of nitrogens with one attached hydrogen (secondary N) is 1. The van der Waals surface area contributed by atoms with Gasteiger partial charge in [0, 0.05) is 98.4 Å². The topological polar surface area (TPSA) is 102 Å². The Morgan fingerprint density at radius 3 is 1.00 bits per heavy atom. The molecule has 19 aromatic carbocycles. The summed E-state index contributed by atoms with van der Waals surface area (Å²) >= 11 is 0. The number of rotatable bonds is 16. The van der Waals surface area contributed by atoms with Crippen LogP contribution in [0.3, 0.4) is 0 Å². The van der Waals surface area contributed by atoms with Crippen molar-refractivity contribution < 1.29 is 8.83 Å². The summed E-state index contributed by atoms with van der Waals surface area (Å²) in [6.07, 6.45) is 2.26. The second kappa shape index (κ2) is 32.4. The molecule has 0 amide bonds. The van der Waals surface area contributed by atoms with Crippen LogP contribution >= 0.6 is 0 Å². The number of para-hydroxylation sites is 4. The number of furan rings is 2. The molecule has 0 aliphatic carbocycles. The van der Waals surface area contributed by atoms with Gasteiger partial charge in [0.1, 0.15) is 28.2 Å². The van der Waals surface area contributed by atoms with Gasteiger partial charge in [0.05, 0.1) is 45.5 Å². The summed E-state index contributed by atoms with van der Waals surface area (Å²) in [4.78, 5) is 26.9. The Hall–Kier alpha value is -17.6. The molecule has 1 atom stereocenters. The Kier molecular flexibility index (Phi) is 18.8. The molecule has 1 N–H and O–H groups in total. The fourth-order valence-electron chi connectivity index (χ4n) is 19.6. The molecule has 0 bridgehead atoms. The second-order valence-corrected chi connectivity index (χ2v) is 34.1. The molecule has 132 heavy (non-hydrogen) atoms. The molecule has 0 saturated carbocycles. The standard InChI is InChI=1S/C124H78N6O2/c1-5-25-77(26-6-1)78-53-61-85(62-54-78)108-75-109(129-123(128-108)97-39-23-36-94(71-97)82-57-65-87(66-58-82)115-117-99-41-13-17-45-105(99)125-121(89-29-9-3-10-30-89)103(117)73-113-119(115)101-43-15-19-47-111(101)131-113)86-63-55-81(56-64-86)92-34-21-33-91(69-92)79-49-51-80(52-50-79)93-35-22-38-96(70-93)110-76-107(84-27-7-2-8-28-84)127-124(130-110)98-40-24-37-95(72-98)83-59-67-88(68-60-83)116-118-100-42-14-18-46-106(100)126-122(90-31-11-4-12-32-90)104(118)74-114-120(116)102-44-16-20-48-112(102)132-114/h1-76,108H,(H,128,129). The monoisotopic (exact) mass is 1680 g/mol. The van der Waals surface area contributed by atoms with Gasteiger partial charge in [0.2, 0.25) is 0 Å². The number of benzene rings is 19. The zero-order valence-corrected chi connectivity index (χ0v) is 71.5. The quantitative estimate of drug-likeness (QED) is 0.0962. The Morgan fingerprint density at radius 2 is 0.530 bits per heavy atom. The molecule has 0 saturated heterocycles. The molecule has 616 valence electrons. The summed E-state index contributed by atoms with van der Waals surface area (Å²) in [5.74, 6) is 1.44. The van der Waals surface area contributed by atoms with Crippen molar-refractivity contribution in [2.75, 3.05) is 0 Å². The van der Waals surface area contributed by atoms with Crippen molar-refractivity contribution in [2.24, 2.45) is 4.99 Å². The lowest BCUT2D eigenvalue weighted by Gasteiger charge is -2.25. The number of fused-ring (bicyclic) bond motifs is 12. The Bertz CT molecular complexity index is 8730. The second-order valence-electron chi connectivity index (χ2n) is 34.1. The van der Waals surface area contributed by atoms with Crippen LogP contribution in [-0.4, -0.2) is 25.8 Å². The molecule has 0 spiro atoms. The van der Waals surface area contributed by atoms with Crippen LogP contribution in [0.5, 0.6) is 0 Å². The van der Waals surface area contributed by atoms with E-state index in [9.17, 15) is 0 Å². The van der Waals surface area contributed by atoms with Gasteiger partial charge < -0.3 is 14.2 Å². The maximum absolute atomic E-state index is 6.75. The van der Waals surface area contributed by atoms with Gasteiger partial charge in [-0.15, -0.1) is 0 Å². The number of amidine groups is 1. The van der Waals surface area contributed by atoms with Gasteiger partial charge in [-0.05, 0) is 162 Å². The van der Waals surface area contributed by atoms with E-state index in [-0.39, 0.29) is 6.04 Å². The average molecular weight is 1680 g/mol. The minimum Gasteiger partial charge on any atom is -0.456 e. The third-order valence-corrected chi connectivity index (χ3v) is 26.1. The lowest BCUT2D eigenvalue weighted by Crippen LogP contribution is -2.31. The molecule has 1 aliphatic heterocycles. The third-order valence-electron chi connectivity index (χ3n) is 26.1. The molecule has 24 aromatic rings. The van der Waals surface area contributed by atoms with Crippen LogP contribution in [0.2, 0.25) is 0 Å². The molecule has 8 nitrogen and oxygen atoms in total. The van der Waals surface area contributed by atoms with E-state index in [1.54, 1.807) is 0 Å². The van der Waals surface area contributed by atoms with Gasteiger partial charge in [0.15, 0.2) is 5.82 Å². The summed E-state index contributed by atoms with van der Waals surface area (Å²) in [5.41, 5.74) is 35.6. The first-order valence-corrected chi connectivity index (χ1v) is 44.8. The van der Waals surface area contributed by atoms with Gasteiger partial charge in [-0.3, -0.25) is 0 Å². The van der Waals surface area contributed by atoms with E-state index in [2.05, 4.69) is 448 Å². The van der Waals surface area contributed by atoms with E-state index in [4.69, 9.17) is 33.8 Å². The van der Waals surface area contributed by atoms with E-state index in [0.29, 0.717) is 5.82 Å². The number of hydrogen-bond acceptors (Lipinski definition) is 8. The number of pyridine rings is 2. The van der Waals surface area contributed by atoms with Crippen molar-refractivity contribution in [3.05, 3.63) is 478 Å². The highest BCUT2D eigenvalue weighted by atomic mass is 16.3.